The van der Waals surface area contributed by atoms with Crippen LogP contribution in [-0.2, 0) is 0 Å². The molecule has 1 N–H and O–H groups in total. The van der Waals surface area contributed by atoms with Gasteiger partial charge >= 0.3 is 0 Å². The lowest BCUT2D eigenvalue weighted by atomic mass is 10.2. The monoisotopic (exact) mass is 306 g/mol. The fourth-order valence-electron chi connectivity index (χ4n) is 1.27. The van der Waals surface area contributed by atoms with E-state index in [1.165, 1.54) is 11.3 Å². The van der Waals surface area contributed by atoms with E-state index in [0.29, 0.717) is 16.1 Å². The van der Waals surface area contributed by atoms with Crippen LogP contribution >= 0.6 is 27.3 Å². The van der Waals surface area contributed by atoms with E-state index in [4.69, 9.17) is 5.26 Å². The molecule has 0 radical (unpaired) electrons. The molecule has 0 aliphatic carbocycles. The highest BCUT2D eigenvalue weighted by Gasteiger charge is 2.09. The van der Waals surface area contributed by atoms with Crippen LogP contribution in [0.5, 0.6) is 0 Å². The first kappa shape index (κ1) is 11.8. The number of nitrogens with zero attached hydrogens (tertiary/aromatic N) is 1. The second-order valence-corrected chi connectivity index (χ2v) is 5.07. The van der Waals surface area contributed by atoms with Crippen LogP contribution in [0.4, 0.5) is 5.00 Å². The molecule has 1 amide bonds. The molecule has 3 nitrogen and oxygen atoms in total. The van der Waals surface area contributed by atoms with Crippen LogP contribution in [0.25, 0.3) is 0 Å². The highest BCUT2D eigenvalue weighted by Crippen LogP contribution is 2.23. The summed E-state index contributed by atoms with van der Waals surface area (Å²) in [6.45, 7) is 0. The standard InChI is InChI=1S/C12H7BrN2OS/c13-10-3-1-8(2-4-10)11(16)15-12-9(7-14)5-6-17-12/h1-6H,(H,15,16). The fraction of sp³-hybridized carbons (Fsp3) is 0. The predicted octanol–water partition coefficient (Wildman–Crippen LogP) is 3.63. The lowest BCUT2D eigenvalue weighted by Crippen LogP contribution is -2.11. The van der Waals surface area contributed by atoms with Gasteiger partial charge in [-0.1, -0.05) is 15.9 Å². The quantitative estimate of drug-likeness (QED) is 0.921. The summed E-state index contributed by atoms with van der Waals surface area (Å²) >= 11 is 4.64. The maximum atomic E-state index is 11.9. The molecule has 84 valence electrons. The van der Waals surface area contributed by atoms with Gasteiger partial charge < -0.3 is 5.32 Å². The number of carbonyl (C=O) groups excluding carboxylic acids is 1. The number of hydrogen-bond acceptors (Lipinski definition) is 3. The first-order chi connectivity index (χ1) is 8.20. The maximum absolute atomic E-state index is 11.9. The summed E-state index contributed by atoms with van der Waals surface area (Å²) in [5.74, 6) is -0.212. The van der Waals surface area contributed by atoms with Crippen molar-refractivity contribution in [2.45, 2.75) is 0 Å². The largest absolute Gasteiger partial charge is 0.312 e. The molecule has 0 saturated heterocycles. The molecule has 0 aliphatic heterocycles. The zero-order valence-corrected chi connectivity index (χ0v) is 11.0. The third-order valence-corrected chi connectivity index (χ3v) is 3.48. The number of nitriles is 1. The van der Waals surface area contributed by atoms with E-state index >= 15 is 0 Å². The summed E-state index contributed by atoms with van der Waals surface area (Å²) in [5.41, 5.74) is 1.05. The van der Waals surface area contributed by atoms with Gasteiger partial charge in [-0.3, -0.25) is 4.79 Å². The Morgan fingerprint density at radius 2 is 2.00 bits per heavy atom. The highest BCUT2D eigenvalue weighted by atomic mass is 79.9. The Morgan fingerprint density at radius 1 is 1.29 bits per heavy atom. The van der Waals surface area contributed by atoms with Gasteiger partial charge in [-0.2, -0.15) is 5.26 Å². The molecule has 2 rings (SSSR count). The van der Waals surface area contributed by atoms with E-state index in [-0.39, 0.29) is 5.91 Å². The van der Waals surface area contributed by atoms with Gasteiger partial charge in [0.15, 0.2) is 0 Å². The third kappa shape index (κ3) is 2.73. The van der Waals surface area contributed by atoms with Crippen LogP contribution in [0.15, 0.2) is 40.2 Å². The van der Waals surface area contributed by atoms with Crippen molar-refractivity contribution in [1.29, 1.82) is 5.26 Å². The fourth-order valence-corrected chi connectivity index (χ4v) is 2.27. The van der Waals surface area contributed by atoms with E-state index in [9.17, 15) is 4.79 Å². The van der Waals surface area contributed by atoms with Crippen LogP contribution < -0.4 is 5.32 Å². The SMILES string of the molecule is N#Cc1ccsc1NC(=O)c1ccc(Br)cc1. The van der Waals surface area contributed by atoms with Gasteiger partial charge in [-0.25, -0.2) is 0 Å². The van der Waals surface area contributed by atoms with E-state index in [2.05, 4.69) is 21.2 Å². The molecule has 0 bridgehead atoms. The lowest BCUT2D eigenvalue weighted by molar-refractivity contribution is 0.102. The van der Waals surface area contributed by atoms with Crippen LogP contribution in [0.3, 0.4) is 0 Å². The number of amides is 1. The normalized spacial score (nSPS) is 9.65. The van der Waals surface area contributed by atoms with Crippen LogP contribution in [0.2, 0.25) is 0 Å². The minimum Gasteiger partial charge on any atom is -0.312 e. The van der Waals surface area contributed by atoms with Gasteiger partial charge in [-0.15, -0.1) is 11.3 Å². The Hall–Kier alpha value is -1.64. The summed E-state index contributed by atoms with van der Waals surface area (Å²) in [4.78, 5) is 11.9. The molecule has 0 atom stereocenters. The highest BCUT2D eigenvalue weighted by molar-refractivity contribution is 9.10. The zero-order chi connectivity index (χ0) is 12.3. The van der Waals surface area contributed by atoms with Gasteiger partial charge in [0, 0.05) is 10.0 Å². The Morgan fingerprint density at radius 3 is 2.65 bits per heavy atom. The molecule has 5 heteroatoms. The molecule has 1 aromatic heterocycles. The second kappa shape index (κ2) is 5.13. The van der Waals surface area contributed by atoms with E-state index < -0.39 is 0 Å². The molecule has 0 aliphatic rings. The number of benzene rings is 1. The minimum absolute atomic E-state index is 0.212. The molecule has 1 aromatic carbocycles. The average molecular weight is 307 g/mol. The number of hydrogen-bond donors (Lipinski definition) is 1. The van der Waals surface area contributed by atoms with Crippen molar-refractivity contribution in [1.82, 2.24) is 0 Å². The Bertz CT molecular complexity index is 583. The Balaban J connectivity index is 2.18. The predicted molar refractivity (Wildman–Crippen MR) is 71.1 cm³/mol. The third-order valence-electron chi connectivity index (χ3n) is 2.12. The van der Waals surface area contributed by atoms with Gasteiger partial charge in [0.05, 0.1) is 5.56 Å². The number of rotatable bonds is 2. The Labute approximate surface area is 111 Å². The number of thiophene rings is 1. The number of nitrogens with one attached hydrogen (secondary N) is 1. The first-order valence-electron chi connectivity index (χ1n) is 4.75. The smallest absolute Gasteiger partial charge is 0.256 e. The van der Waals surface area contributed by atoms with Crippen molar-refractivity contribution in [2.75, 3.05) is 5.32 Å². The first-order valence-corrected chi connectivity index (χ1v) is 6.42. The van der Waals surface area contributed by atoms with E-state index in [1.807, 2.05) is 6.07 Å². The van der Waals surface area contributed by atoms with Crippen molar-refractivity contribution in [2.24, 2.45) is 0 Å². The van der Waals surface area contributed by atoms with Crippen molar-refractivity contribution in [3.63, 3.8) is 0 Å². The van der Waals surface area contributed by atoms with Gasteiger partial charge in [0.1, 0.15) is 11.1 Å². The van der Waals surface area contributed by atoms with Gasteiger partial charge in [0.2, 0.25) is 0 Å². The zero-order valence-electron chi connectivity index (χ0n) is 8.61. The molecule has 1 heterocycles. The molecule has 0 unspecified atom stereocenters. The number of carbonyl (C=O) groups is 1. The van der Waals surface area contributed by atoms with E-state index in [0.717, 1.165) is 4.47 Å². The lowest BCUT2D eigenvalue weighted by Gasteiger charge is -2.03. The van der Waals surface area contributed by atoms with Crippen LogP contribution in [0, 0.1) is 11.3 Å². The second-order valence-electron chi connectivity index (χ2n) is 3.24. The van der Waals surface area contributed by atoms with Crippen molar-refractivity contribution >= 4 is 38.2 Å². The van der Waals surface area contributed by atoms with Crippen LogP contribution in [0.1, 0.15) is 15.9 Å². The molecule has 2 aromatic rings. The minimum atomic E-state index is -0.212. The van der Waals surface area contributed by atoms with Gasteiger partial charge in [0.25, 0.3) is 5.91 Å². The Kier molecular flexibility index (Phi) is 3.57. The van der Waals surface area contributed by atoms with E-state index in [1.54, 1.807) is 35.7 Å². The topological polar surface area (TPSA) is 52.9 Å². The van der Waals surface area contributed by atoms with Crippen LogP contribution in [-0.4, -0.2) is 5.91 Å². The average Bonchev–Trinajstić information content (AvgIpc) is 2.77. The number of anilines is 1. The summed E-state index contributed by atoms with van der Waals surface area (Å²) < 4.78 is 0.919. The van der Waals surface area contributed by atoms with Crippen molar-refractivity contribution in [3.8, 4) is 6.07 Å². The molecule has 17 heavy (non-hydrogen) atoms. The molecular formula is C12H7BrN2OS. The summed E-state index contributed by atoms with van der Waals surface area (Å²) in [7, 11) is 0. The van der Waals surface area contributed by atoms with Crippen molar-refractivity contribution in [3.05, 3.63) is 51.3 Å². The summed E-state index contributed by atoms with van der Waals surface area (Å²) in [6, 6.07) is 10.8. The summed E-state index contributed by atoms with van der Waals surface area (Å²) in [5, 5.41) is 13.9. The summed E-state index contributed by atoms with van der Waals surface area (Å²) in [6.07, 6.45) is 0. The molecule has 0 saturated carbocycles. The van der Waals surface area contributed by atoms with Crippen molar-refractivity contribution < 1.29 is 4.79 Å². The molecular weight excluding hydrogens is 300 g/mol. The van der Waals surface area contributed by atoms with Gasteiger partial charge in [-0.05, 0) is 35.7 Å². The number of halogens is 1. The molecule has 0 spiro atoms. The maximum Gasteiger partial charge on any atom is 0.256 e. The molecule has 0 fully saturated rings.